The van der Waals surface area contributed by atoms with Crippen molar-refractivity contribution < 1.29 is 18.0 Å². The molecule has 1 atom stereocenters. The summed E-state index contributed by atoms with van der Waals surface area (Å²) in [6.07, 6.45) is 1.70. The molecule has 2 aromatic rings. The highest BCUT2D eigenvalue weighted by Gasteiger charge is 2.30. The molecule has 2 aromatic carbocycles. The molecule has 0 aliphatic heterocycles. The summed E-state index contributed by atoms with van der Waals surface area (Å²) in [5, 5.41) is 2.87. The molecule has 0 bridgehead atoms. The van der Waals surface area contributed by atoms with Crippen molar-refractivity contribution in [1.29, 1.82) is 0 Å². The summed E-state index contributed by atoms with van der Waals surface area (Å²) < 4.78 is 27.4. The Labute approximate surface area is 211 Å². The number of benzene rings is 2. The van der Waals surface area contributed by atoms with Crippen molar-refractivity contribution in [3.63, 3.8) is 0 Å². The first kappa shape index (κ1) is 27.9. The molecule has 0 radical (unpaired) electrons. The Hall–Kier alpha value is -2.39. The highest BCUT2D eigenvalue weighted by Crippen LogP contribution is 2.24. The molecule has 0 saturated heterocycles. The number of nitrogens with zero attached hydrogens (tertiary/aromatic N) is 2. The van der Waals surface area contributed by atoms with E-state index in [0.29, 0.717) is 18.7 Å². The number of carbonyl (C=O) groups is 2. The van der Waals surface area contributed by atoms with Crippen LogP contribution in [0.2, 0.25) is 0 Å². The zero-order valence-electron chi connectivity index (χ0n) is 20.4. The number of anilines is 1. The maximum Gasteiger partial charge on any atom is 0.244 e. The van der Waals surface area contributed by atoms with Crippen LogP contribution >= 0.6 is 15.9 Å². The number of aryl methyl sites for hydroxylation is 1. The van der Waals surface area contributed by atoms with Gasteiger partial charge in [-0.15, -0.1) is 0 Å². The first-order chi connectivity index (χ1) is 15.9. The molecule has 2 amide bonds. The maximum atomic E-state index is 13.6. The molecule has 0 unspecified atom stereocenters. The van der Waals surface area contributed by atoms with E-state index in [4.69, 9.17) is 0 Å². The molecular weight excluding hydrogens is 518 g/mol. The van der Waals surface area contributed by atoms with Crippen LogP contribution in [0, 0.1) is 5.92 Å². The Morgan fingerprint density at radius 3 is 2.32 bits per heavy atom. The second kappa shape index (κ2) is 12.4. The van der Waals surface area contributed by atoms with Crippen molar-refractivity contribution in [1.82, 2.24) is 10.2 Å². The predicted octanol–water partition coefficient (Wildman–Crippen LogP) is 3.97. The normalized spacial score (nSPS) is 12.3. The van der Waals surface area contributed by atoms with Crippen molar-refractivity contribution in [3.05, 3.63) is 64.1 Å². The fourth-order valence-electron chi connectivity index (χ4n) is 3.51. The number of rotatable bonds is 11. The lowest BCUT2D eigenvalue weighted by atomic mass is 10.1. The average molecular weight is 553 g/mol. The van der Waals surface area contributed by atoms with Gasteiger partial charge in [0.05, 0.1) is 11.9 Å². The molecule has 9 heteroatoms. The molecule has 2 rings (SSSR count). The van der Waals surface area contributed by atoms with Crippen LogP contribution < -0.4 is 9.62 Å². The van der Waals surface area contributed by atoms with Gasteiger partial charge in [-0.3, -0.25) is 13.9 Å². The molecule has 0 heterocycles. The van der Waals surface area contributed by atoms with E-state index in [9.17, 15) is 18.0 Å². The number of halogens is 1. The van der Waals surface area contributed by atoms with Gasteiger partial charge in [-0.05, 0) is 48.6 Å². The van der Waals surface area contributed by atoms with Crippen LogP contribution in [-0.4, -0.2) is 50.5 Å². The Morgan fingerprint density at radius 2 is 1.74 bits per heavy atom. The maximum absolute atomic E-state index is 13.6. The van der Waals surface area contributed by atoms with Gasteiger partial charge in [0.1, 0.15) is 12.6 Å². The molecule has 0 spiro atoms. The van der Waals surface area contributed by atoms with E-state index in [1.54, 1.807) is 19.1 Å². The van der Waals surface area contributed by atoms with E-state index in [2.05, 4.69) is 21.2 Å². The lowest BCUT2D eigenvalue weighted by molar-refractivity contribution is -0.139. The molecule has 7 nitrogen and oxygen atoms in total. The number of carbonyl (C=O) groups excluding carboxylic acids is 2. The standard InChI is InChI=1S/C25H34BrN3O4S/c1-6-21-11-7-8-13-23(21)29(34(5,32)33)17-24(30)28(16-20-10-9-12-22(26)14-20)19(4)25(31)27-15-18(2)3/h7-14,18-19H,6,15-17H2,1-5H3,(H,27,31)/t19-/m0/s1. The second-order valence-corrected chi connectivity index (χ2v) is 11.5. The molecule has 1 N–H and O–H groups in total. The molecule has 0 aliphatic rings. The largest absolute Gasteiger partial charge is 0.354 e. The van der Waals surface area contributed by atoms with Crippen molar-refractivity contribution in [3.8, 4) is 0 Å². The Balaban J connectivity index is 2.40. The molecule has 186 valence electrons. The molecule has 0 aromatic heterocycles. The van der Waals surface area contributed by atoms with E-state index in [1.807, 2.05) is 57.2 Å². The third kappa shape index (κ3) is 7.84. The average Bonchev–Trinajstić information content (AvgIpc) is 2.78. The summed E-state index contributed by atoms with van der Waals surface area (Å²) in [5.74, 6) is -0.475. The summed E-state index contributed by atoms with van der Waals surface area (Å²) in [6.45, 7) is 7.84. The fourth-order valence-corrected chi connectivity index (χ4v) is 4.84. The quantitative estimate of drug-likeness (QED) is 0.457. The minimum absolute atomic E-state index is 0.168. The number of amides is 2. The van der Waals surface area contributed by atoms with Crippen LogP contribution in [-0.2, 0) is 32.6 Å². The third-order valence-electron chi connectivity index (χ3n) is 5.41. The number of hydrogen-bond donors (Lipinski definition) is 1. The Kier molecular flexibility index (Phi) is 10.1. The lowest BCUT2D eigenvalue weighted by Gasteiger charge is -2.32. The molecular formula is C25H34BrN3O4S. The van der Waals surface area contributed by atoms with Crippen molar-refractivity contribution in [2.75, 3.05) is 23.7 Å². The second-order valence-electron chi connectivity index (χ2n) is 8.72. The minimum Gasteiger partial charge on any atom is -0.354 e. The highest BCUT2D eigenvalue weighted by atomic mass is 79.9. The summed E-state index contributed by atoms with van der Waals surface area (Å²) in [4.78, 5) is 27.9. The first-order valence-corrected chi connectivity index (χ1v) is 13.9. The summed E-state index contributed by atoms with van der Waals surface area (Å²) in [6, 6.07) is 13.8. The van der Waals surface area contributed by atoms with Crippen molar-refractivity contribution in [2.45, 2.75) is 46.7 Å². The number of para-hydroxylation sites is 1. The predicted molar refractivity (Wildman–Crippen MR) is 140 cm³/mol. The van der Waals surface area contributed by atoms with E-state index < -0.39 is 28.5 Å². The molecule has 0 aliphatic carbocycles. The van der Waals surface area contributed by atoms with E-state index in [-0.39, 0.29) is 18.4 Å². The van der Waals surface area contributed by atoms with E-state index in [1.165, 1.54) is 4.90 Å². The van der Waals surface area contributed by atoms with Crippen LogP contribution in [0.15, 0.2) is 53.0 Å². The number of hydrogen-bond acceptors (Lipinski definition) is 4. The summed E-state index contributed by atoms with van der Waals surface area (Å²) >= 11 is 3.44. The van der Waals surface area contributed by atoms with Crippen LogP contribution in [0.4, 0.5) is 5.69 Å². The van der Waals surface area contributed by atoms with Gasteiger partial charge in [0.2, 0.25) is 21.8 Å². The van der Waals surface area contributed by atoms with Crippen molar-refractivity contribution >= 4 is 43.5 Å². The monoisotopic (exact) mass is 551 g/mol. The van der Waals surface area contributed by atoms with Gasteiger partial charge in [0, 0.05) is 17.6 Å². The highest BCUT2D eigenvalue weighted by molar-refractivity contribution is 9.10. The Bertz CT molecular complexity index is 1100. The summed E-state index contributed by atoms with van der Waals surface area (Å²) in [5.41, 5.74) is 2.12. The van der Waals surface area contributed by atoms with Gasteiger partial charge in [0.15, 0.2) is 0 Å². The van der Waals surface area contributed by atoms with Gasteiger partial charge < -0.3 is 10.2 Å². The van der Waals surface area contributed by atoms with Gasteiger partial charge in [0.25, 0.3) is 0 Å². The topological polar surface area (TPSA) is 86.8 Å². The van der Waals surface area contributed by atoms with Crippen LogP contribution in [0.1, 0.15) is 38.8 Å². The van der Waals surface area contributed by atoms with Crippen molar-refractivity contribution in [2.24, 2.45) is 5.92 Å². The van der Waals surface area contributed by atoms with E-state index in [0.717, 1.165) is 26.2 Å². The van der Waals surface area contributed by atoms with Gasteiger partial charge >= 0.3 is 0 Å². The first-order valence-electron chi connectivity index (χ1n) is 11.3. The minimum atomic E-state index is -3.75. The number of sulfonamides is 1. The van der Waals surface area contributed by atoms with Gasteiger partial charge in [-0.25, -0.2) is 8.42 Å². The smallest absolute Gasteiger partial charge is 0.244 e. The lowest BCUT2D eigenvalue weighted by Crippen LogP contribution is -2.51. The zero-order chi connectivity index (χ0) is 25.5. The van der Waals surface area contributed by atoms with E-state index >= 15 is 0 Å². The third-order valence-corrected chi connectivity index (χ3v) is 7.03. The van der Waals surface area contributed by atoms with Crippen LogP contribution in [0.25, 0.3) is 0 Å². The van der Waals surface area contributed by atoms with Gasteiger partial charge in [-0.2, -0.15) is 0 Å². The Morgan fingerprint density at radius 1 is 1.06 bits per heavy atom. The van der Waals surface area contributed by atoms with Gasteiger partial charge in [-0.1, -0.05) is 67.0 Å². The van der Waals surface area contributed by atoms with Crippen LogP contribution in [0.3, 0.4) is 0 Å². The molecule has 0 fully saturated rings. The zero-order valence-corrected chi connectivity index (χ0v) is 22.8. The summed E-state index contributed by atoms with van der Waals surface area (Å²) in [7, 11) is -3.75. The number of nitrogens with one attached hydrogen (secondary N) is 1. The SMILES string of the molecule is CCc1ccccc1N(CC(=O)N(Cc1cccc(Br)c1)[C@@H](C)C(=O)NCC(C)C)S(C)(=O)=O. The fraction of sp³-hybridized carbons (Fsp3) is 0.440. The van der Waals surface area contributed by atoms with Crippen LogP contribution in [0.5, 0.6) is 0 Å². The molecule has 34 heavy (non-hydrogen) atoms. The molecule has 0 saturated carbocycles.